The molecule has 8 heteroatoms. The normalized spacial score (nSPS) is 10.8. The highest BCUT2D eigenvalue weighted by Gasteiger charge is 2.20. The van der Waals surface area contributed by atoms with Crippen molar-refractivity contribution in [1.29, 1.82) is 0 Å². The van der Waals surface area contributed by atoms with Crippen molar-refractivity contribution in [2.45, 2.75) is 20.8 Å². The molecule has 0 radical (unpaired) electrons. The van der Waals surface area contributed by atoms with Crippen molar-refractivity contribution in [3.63, 3.8) is 0 Å². The summed E-state index contributed by atoms with van der Waals surface area (Å²) >= 11 is 1.16. The third-order valence-electron chi connectivity index (χ3n) is 5.76. The van der Waals surface area contributed by atoms with E-state index in [1.54, 1.807) is 37.5 Å². The van der Waals surface area contributed by atoms with Crippen LogP contribution in [0.1, 0.15) is 27.7 Å². The van der Waals surface area contributed by atoms with E-state index in [4.69, 9.17) is 4.74 Å². The van der Waals surface area contributed by atoms with Crippen molar-refractivity contribution < 1.29 is 14.3 Å². The Kier molecular flexibility index (Phi) is 7.07. The van der Waals surface area contributed by atoms with Gasteiger partial charge in [-0.15, -0.1) is 11.3 Å². The molecule has 0 aliphatic carbocycles. The average Bonchev–Trinajstić information content (AvgIpc) is 3.30. The monoisotopic (exact) mass is 501 g/mol. The number of nitrogens with one attached hydrogen (secondary N) is 2. The molecule has 2 aromatic carbocycles. The number of aryl methyl sites for hydroxylation is 3. The summed E-state index contributed by atoms with van der Waals surface area (Å²) in [5.41, 5.74) is 3.68. The highest BCUT2D eigenvalue weighted by molar-refractivity contribution is 7.20. The topological polar surface area (TPSA) is 89.4 Å². The first-order chi connectivity index (χ1) is 17.2. The zero-order valence-corrected chi connectivity index (χ0v) is 21.4. The number of carbonyl (C=O) groups excluding carboxylic acids is 2. The number of rotatable bonds is 7. The van der Waals surface area contributed by atoms with Gasteiger partial charge in [-0.1, -0.05) is 24.8 Å². The highest BCUT2D eigenvalue weighted by Crippen LogP contribution is 2.41. The molecule has 0 saturated heterocycles. The van der Waals surface area contributed by atoms with E-state index in [-0.39, 0.29) is 17.4 Å². The number of pyridine rings is 1. The number of hydrogen-bond donors (Lipinski definition) is 2. The van der Waals surface area contributed by atoms with Crippen molar-refractivity contribution in [3.05, 3.63) is 87.7 Å². The van der Waals surface area contributed by atoms with Gasteiger partial charge in [-0.3, -0.25) is 14.4 Å². The molecular formula is C28H27N3O4S. The number of benzene rings is 2. The molecule has 2 heterocycles. The van der Waals surface area contributed by atoms with Crippen LogP contribution in [0.3, 0.4) is 0 Å². The van der Waals surface area contributed by atoms with Crippen LogP contribution in [-0.4, -0.2) is 22.9 Å². The number of anilines is 1. The van der Waals surface area contributed by atoms with Gasteiger partial charge in [0.2, 0.25) is 5.91 Å². The van der Waals surface area contributed by atoms with Crippen molar-refractivity contribution >= 4 is 38.9 Å². The predicted molar refractivity (Wildman–Crippen MR) is 145 cm³/mol. The van der Waals surface area contributed by atoms with Crippen molar-refractivity contribution in [1.82, 2.24) is 9.88 Å². The van der Waals surface area contributed by atoms with E-state index in [0.29, 0.717) is 44.1 Å². The number of thiophene rings is 1. The zero-order valence-electron chi connectivity index (χ0n) is 20.6. The van der Waals surface area contributed by atoms with Crippen LogP contribution in [0.2, 0.25) is 0 Å². The van der Waals surface area contributed by atoms with E-state index < -0.39 is 0 Å². The van der Waals surface area contributed by atoms with E-state index in [0.717, 1.165) is 28.2 Å². The number of carbonyl (C=O) groups is 2. The molecule has 0 aliphatic rings. The summed E-state index contributed by atoms with van der Waals surface area (Å²) in [6.07, 6.45) is 2.92. The van der Waals surface area contributed by atoms with Gasteiger partial charge in [0.25, 0.3) is 11.5 Å². The predicted octanol–water partition coefficient (Wildman–Crippen LogP) is 5.55. The van der Waals surface area contributed by atoms with Crippen LogP contribution in [0.5, 0.6) is 11.5 Å². The molecule has 2 amide bonds. The van der Waals surface area contributed by atoms with Gasteiger partial charge in [-0.2, -0.15) is 0 Å². The van der Waals surface area contributed by atoms with Gasteiger partial charge in [0, 0.05) is 42.0 Å². The lowest BCUT2D eigenvalue weighted by atomic mass is 10.0. The van der Waals surface area contributed by atoms with E-state index in [1.807, 2.05) is 39.0 Å². The lowest BCUT2D eigenvalue weighted by molar-refractivity contribution is -0.111. The van der Waals surface area contributed by atoms with Crippen molar-refractivity contribution in [2.75, 3.05) is 11.9 Å². The fourth-order valence-electron chi connectivity index (χ4n) is 3.98. The molecule has 4 rings (SSSR count). The Hall–Kier alpha value is -4.17. The van der Waals surface area contributed by atoms with Crippen LogP contribution in [0.15, 0.2) is 66.1 Å². The molecule has 0 unspecified atom stereocenters. The van der Waals surface area contributed by atoms with Gasteiger partial charge in [-0.25, -0.2) is 0 Å². The first-order valence-electron chi connectivity index (χ1n) is 11.5. The summed E-state index contributed by atoms with van der Waals surface area (Å²) < 4.78 is 8.39. The van der Waals surface area contributed by atoms with E-state index >= 15 is 0 Å². The molecule has 0 atom stereocenters. The summed E-state index contributed by atoms with van der Waals surface area (Å²) in [6, 6.07) is 13.0. The number of hydrogen-bond acceptors (Lipinski definition) is 5. The van der Waals surface area contributed by atoms with Gasteiger partial charge in [0.1, 0.15) is 16.2 Å². The number of ether oxygens (including phenoxy) is 1. The van der Waals surface area contributed by atoms with Crippen molar-refractivity contribution in [2.24, 2.45) is 7.05 Å². The fourth-order valence-corrected chi connectivity index (χ4v) is 5.05. The largest absolute Gasteiger partial charge is 0.456 e. The molecule has 7 nitrogen and oxygen atoms in total. The second kappa shape index (κ2) is 10.2. The van der Waals surface area contributed by atoms with Gasteiger partial charge in [0.05, 0.1) is 4.88 Å². The number of aromatic nitrogens is 1. The molecule has 0 bridgehead atoms. The minimum Gasteiger partial charge on any atom is -0.456 e. The molecule has 0 spiro atoms. The summed E-state index contributed by atoms with van der Waals surface area (Å²) in [6.45, 7) is 9.79. The third kappa shape index (κ3) is 4.81. The lowest BCUT2D eigenvalue weighted by Crippen LogP contribution is -2.21. The van der Waals surface area contributed by atoms with Gasteiger partial charge < -0.3 is 19.9 Å². The lowest BCUT2D eigenvalue weighted by Gasteiger charge is -2.17. The zero-order chi connectivity index (χ0) is 26.0. The molecular weight excluding hydrogens is 474 g/mol. The van der Waals surface area contributed by atoms with Gasteiger partial charge in [-0.05, 0) is 62.2 Å². The SMILES string of the molecule is C=CC(=O)Nc1ccc(Oc2c(C)cccc2C)c(-c2cn(C)c(=O)c3sc(C(=O)NCC)cc23)c1. The Morgan fingerprint density at radius 2 is 1.83 bits per heavy atom. The Bertz CT molecular complexity index is 1550. The Morgan fingerprint density at radius 3 is 2.50 bits per heavy atom. The standard InChI is InChI=1S/C28H27N3O4S/c1-6-24(32)30-18-11-12-22(35-25-16(3)9-8-10-17(25)4)19(13-18)21-15-31(5)28(34)26-20(21)14-23(36-26)27(33)29-7-2/h6,8-15H,1,7H2,2-5H3,(H,29,33)(H,30,32). The maximum Gasteiger partial charge on any atom is 0.268 e. The van der Waals surface area contributed by atoms with E-state index in [9.17, 15) is 14.4 Å². The Balaban J connectivity index is 1.97. The maximum atomic E-state index is 13.0. The molecule has 0 fully saturated rings. The van der Waals surface area contributed by atoms with Crippen LogP contribution in [-0.2, 0) is 11.8 Å². The minimum absolute atomic E-state index is 0.192. The first-order valence-corrected chi connectivity index (χ1v) is 12.3. The second-order valence-electron chi connectivity index (χ2n) is 8.40. The minimum atomic E-state index is -0.343. The highest BCUT2D eigenvalue weighted by atomic mass is 32.1. The Labute approximate surface area is 213 Å². The second-order valence-corrected chi connectivity index (χ2v) is 9.45. The number of amides is 2. The molecule has 0 saturated carbocycles. The summed E-state index contributed by atoms with van der Waals surface area (Å²) in [5.74, 6) is 0.709. The molecule has 184 valence electrons. The maximum absolute atomic E-state index is 13.0. The van der Waals surface area contributed by atoms with Gasteiger partial charge >= 0.3 is 0 Å². The first kappa shape index (κ1) is 24.9. The molecule has 4 aromatic rings. The quantitative estimate of drug-likeness (QED) is 0.325. The number of nitrogens with zero attached hydrogens (tertiary/aromatic N) is 1. The molecule has 0 aliphatic heterocycles. The van der Waals surface area contributed by atoms with Crippen molar-refractivity contribution in [3.8, 4) is 22.6 Å². The van der Waals surface area contributed by atoms with Crippen LogP contribution in [0.4, 0.5) is 5.69 Å². The third-order valence-corrected chi connectivity index (χ3v) is 6.89. The summed E-state index contributed by atoms with van der Waals surface area (Å²) in [4.78, 5) is 38.0. The van der Waals surface area contributed by atoms with E-state index in [2.05, 4.69) is 17.2 Å². The number of fused-ring (bicyclic) bond motifs is 1. The van der Waals surface area contributed by atoms with Crippen LogP contribution in [0, 0.1) is 13.8 Å². The molecule has 2 aromatic heterocycles. The van der Waals surface area contributed by atoms with Gasteiger partial charge in [0.15, 0.2) is 0 Å². The fraction of sp³-hybridized carbons (Fsp3) is 0.179. The molecule has 36 heavy (non-hydrogen) atoms. The van der Waals surface area contributed by atoms with Crippen LogP contribution >= 0.6 is 11.3 Å². The summed E-state index contributed by atoms with van der Waals surface area (Å²) in [5, 5.41) is 6.22. The Morgan fingerprint density at radius 1 is 1.11 bits per heavy atom. The average molecular weight is 502 g/mol. The van der Waals surface area contributed by atoms with Crippen LogP contribution < -0.4 is 20.9 Å². The van der Waals surface area contributed by atoms with E-state index in [1.165, 1.54) is 10.6 Å². The molecule has 2 N–H and O–H groups in total. The number of para-hydroxylation sites is 1. The smallest absolute Gasteiger partial charge is 0.268 e. The van der Waals surface area contributed by atoms with Crippen LogP contribution in [0.25, 0.3) is 21.2 Å². The summed E-state index contributed by atoms with van der Waals surface area (Å²) in [7, 11) is 1.67.